The molecule has 0 spiro atoms. The van der Waals surface area contributed by atoms with Gasteiger partial charge in [0, 0.05) is 17.0 Å². The zero-order chi connectivity index (χ0) is 9.68. The molecule has 1 N–H and O–H groups in total. The molecule has 1 heterocycles. The molecule has 0 saturated heterocycles. The Bertz CT molecular complexity index is 319. The van der Waals surface area contributed by atoms with Gasteiger partial charge in [-0.2, -0.15) is 0 Å². The molecule has 0 aliphatic heterocycles. The molecule has 0 bridgehead atoms. The number of nitrogens with zero attached hydrogens (tertiary/aromatic N) is 1. The van der Waals surface area contributed by atoms with E-state index in [1.165, 1.54) is 4.88 Å². The molecular formula is C10H13NOS. The SMILES string of the molecule is CN(C)Cc1sccc1C#CCO. The zero-order valence-corrected chi connectivity index (χ0v) is 8.69. The minimum atomic E-state index is -0.0722. The van der Waals surface area contributed by atoms with Crippen LogP contribution in [0.5, 0.6) is 0 Å². The first-order valence-electron chi connectivity index (χ1n) is 4.05. The summed E-state index contributed by atoms with van der Waals surface area (Å²) in [4.78, 5) is 3.36. The topological polar surface area (TPSA) is 23.5 Å². The van der Waals surface area contributed by atoms with Crippen LogP contribution in [-0.2, 0) is 6.54 Å². The molecule has 3 heteroatoms. The van der Waals surface area contributed by atoms with E-state index >= 15 is 0 Å². The summed E-state index contributed by atoms with van der Waals surface area (Å²) in [7, 11) is 4.06. The molecule has 2 nitrogen and oxygen atoms in total. The molecule has 1 aromatic rings. The summed E-state index contributed by atoms with van der Waals surface area (Å²) in [5.74, 6) is 5.59. The Balaban J connectivity index is 2.77. The van der Waals surface area contributed by atoms with Crippen molar-refractivity contribution < 1.29 is 5.11 Å². The van der Waals surface area contributed by atoms with Gasteiger partial charge in [-0.1, -0.05) is 11.8 Å². The van der Waals surface area contributed by atoms with Crippen LogP contribution >= 0.6 is 11.3 Å². The molecule has 0 atom stereocenters. The smallest absolute Gasteiger partial charge is 0.104 e. The van der Waals surface area contributed by atoms with Gasteiger partial charge >= 0.3 is 0 Å². The van der Waals surface area contributed by atoms with Crippen molar-refractivity contribution in [3.63, 3.8) is 0 Å². The molecule has 70 valence electrons. The summed E-state index contributed by atoms with van der Waals surface area (Å²) < 4.78 is 0. The van der Waals surface area contributed by atoms with E-state index in [0.717, 1.165) is 12.1 Å². The van der Waals surface area contributed by atoms with E-state index in [0.29, 0.717) is 0 Å². The Hall–Kier alpha value is -0.820. The zero-order valence-electron chi connectivity index (χ0n) is 7.87. The van der Waals surface area contributed by atoms with E-state index in [-0.39, 0.29) is 6.61 Å². The van der Waals surface area contributed by atoms with Gasteiger partial charge in [-0.25, -0.2) is 0 Å². The van der Waals surface area contributed by atoms with Crippen LogP contribution in [0.4, 0.5) is 0 Å². The number of rotatable bonds is 2. The van der Waals surface area contributed by atoms with E-state index in [9.17, 15) is 0 Å². The van der Waals surface area contributed by atoms with Crippen molar-refractivity contribution in [1.29, 1.82) is 0 Å². The van der Waals surface area contributed by atoms with Crippen molar-refractivity contribution in [2.24, 2.45) is 0 Å². The maximum atomic E-state index is 8.56. The minimum absolute atomic E-state index is 0.0722. The lowest BCUT2D eigenvalue weighted by Gasteiger charge is -2.07. The van der Waals surface area contributed by atoms with E-state index in [4.69, 9.17) is 5.11 Å². The highest BCUT2D eigenvalue weighted by Crippen LogP contribution is 2.16. The molecule has 0 aromatic carbocycles. The molecule has 0 amide bonds. The van der Waals surface area contributed by atoms with Gasteiger partial charge in [0.2, 0.25) is 0 Å². The number of hydrogen-bond donors (Lipinski definition) is 1. The average Bonchev–Trinajstić information content (AvgIpc) is 2.48. The van der Waals surface area contributed by atoms with Crippen molar-refractivity contribution in [3.05, 3.63) is 21.9 Å². The lowest BCUT2D eigenvalue weighted by atomic mass is 10.2. The lowest BCUT2D eigenvalue weighted by molar-refractivity contribution is 0.350. The van der Waals surface area contributed by atoms with Crippen LogP contribution in [0.3, 0.4) is 0 Å². The fraction of sp³-hybridized carbons (Fsp3) is 0.400. The van der Waals surface area contributed by atoms with Gasteiger partial charge < -0.3 is 10.0 Å². The van der Waals surface area contributed by atoms with Crippen molar-refractivity contribution in [1.82, 2.24) is 4.90 Å². The molecule has 0 radical (unpaired) electrons. The summed E-state index contributed by atoms with van der Waals surface area (Å²) >= 11 is 1.70. The van der Waals surface area contributed by atoms with Gasteiger partial charge in [-0.15, -0.1) is 11.3 Å². The van der Waals surface area contributed by atoms with Crippen LogP contribution in [0, 0.1) is 11.8 Å². The van der Waals surface area contributed by atoms with Crippen LogP contribution in [0.25, 0.3) is 0 Å². The molecule has 0 unspecified atom stereocenters. The van der Waals surface area contributed by atoms with Crippen molar-refractivity contribution in [2.45, 2.75) is 6.54 Å². The molecule has 0 fully saturated rings. The van der Waals surface area contributed by atoms with E-state index in [1.807, 2.05) is 25.5 Å². The van der Waals surface area contributed by atoms with Gasteiger partial charge in [0.1, 0.15) is 6.61 Å². The summed E-state index contributed by atoms with van der Waals surface area (Å²) in [6.07, 6.45) is 0. The first kappa shape index (κ1) is 10.3. The van der Waals surface area contributed by atoms with E-state index < -0.39 is 0 Å². The number of aliphatic hydroxyl groups excluding tert-OH is 1. The summed E-state index contributed by atoms with van der Waals surface area (Å²) in [5, 5.41) is 10.6. The fourth-order valence-corrected chi connectivity index (χ4v) is 1.94. The van der Waals surface area contributed by atoms with Gasteiger partial charge in [0.05, 0.1) is 0 Å². The molecule has 0 aliphatic carbocycles. The van der Waals surface area contributed by atoms with Gasteiger partial charge in [0.15, 0.2) is 0 Å². The maximum absolute atomic E-state index is 8.56. The monoisotopic (exact) mass is 195 g/mol. The molecule has 0 saturated carbocycles. The Morgan fingerprint density at radius 1 is 1.54 bits per heavy atom. The number of hydrogen-bond acceptors (Lipinski definition) is 3. The lowest BCUT2D eigenvalue weighted by Crippen LogP contribution is -2.10. The predicted octanol–water partition coefficient (Wildman–Crippen LogP) is 1.15. The molecular weight excluding hydrogens is 182 g/mol. The second kappa shape index (κ2) is 5.03. The van der Waals surface area contributed by atoms with Crippen LogP contribution in [0.15, 0.2) is 11.4 Å². The molecule has 1 aromatic heterocycles. The van der Waals surface area contributed by atoms with Crippen molar-refractivity contribution in [2.75, 3.05) is 20.7 Å². The van der Waals surface area contributed by atoms with Crippen LogP contribution in [0.2, 0.25) is 0 Å². The predicted molar refractivity (Wildman–Crippen MR) is 55.7 cm³/mol. The Labute approximate surface area is 82.8 Å². The third-order valence-corrected chi connectivity index (χ3v) is 2.41. The van der Waals surface area contributed by atoms with E-state index in [2.05, 4.69) is 16.7 Å². The van der Waals surface area contributed by atoms with Gasteiger partial charge in [-0.05, 0) is 25.5 Å². The Morgan fingerprint density at radius 3 is 2.92 bits per heavy atom. The summed E-state index contributed by atoms with van der Waals surface area (Å²) in [5.41, 5.74) is 1.03. The van der Waals surface area contributed by atoms with Crippen LogP contribution < -0.4 is 0 Å². The Morgan fingerprint density at radius 2 is 2.31 bits per heavy atom. The van der Waals surface area contributed by atoms with Gasteiger partial charge in [0.25, 0.3) is 0 Å². The maximum Gasteiger partial charge on any atom is 0.104 e. The van der Waals surface area contributed by atoms with Crippen molar-refractivity contribution >= 4 is 11.3 Å². The largest absolute Gasteiger partial charge is 0.384 e. The normalized spacial score (nSPS) is 9.85. The third kappa shape index (κ3) is 3.19. The molecule has 13 heavy (non-hydrogen) atoms. The average molecular weight is 195 g/mol. The summed E-state index contributed by atoms with van der Waals surface area (Å²) in [6.45, 7) is 0.838. The highest BCUT2D eigenvalue weighted by atomic mass is 32.1. The second-order valence-corrected chi connectivity index (χ2v) is 3.96. The van der Waals surface area contributed by atoms with E-state index in [1.54, 1.807) is 11.3 Å². The first-order valence-corrected chi connectivity index (χ1v) is 4.93. The number of aliphatic hydroxyl groups is 1. The Kier molecular flexibility index (Phi) is 3.97. The summed E-state index contributed by atoms with van der Waals surface area (Å²) in [6, 6.07) is 1.99. The van der Waals surface area contributed by atoms with Crippen LogP contribution in [0.1, 0.15) is 10.4 Å². The van der Waals surface area contributed by atoms with Gasteiger partial charge in [-0.3, -0.25) is 0 Å². The van der Waals surface area contributed by atoms with Crippen LogP contribution in [-0.4, -0.2) is 30.7 Å². The fourth-order valence-electron chi connectivity index (χ4n) is 0.996. The highest BCUT2D eigenvalue weighted by Gasteiger charge is 2.01. The first-order chi connectivity index (χ1) is 6.24. The highest BCUT2D eigenvalue weighted by molar-refractivity contribution is 7.10. The third-order valence-electron chi connectivity index (χ3n) is 1.51. The quantitative estimate of drug-likeness (QED) is 0.716. The number of thiophene rings is 1. The second-order valence-electron chi connectivity index (χ2n) is 2.96. The standard InChI is InChI=1S/C10H13NOS/c1-11(2)8-10-9(4-3-6-12)5-7-13-10/h5,7,12H,6,8H2,1-2H3. The molecule has 1 rings (SSSR count). The molecule has 0 aliphatic rings. The van der Waals surface area contributed by atoms with Crippen molar-refractivity contribution in [3.8, 4) is 11.8 Å². The minimum Gasteiger partial charge on any atom is -0.384 e.